The molecule has 0 saturated carbocycles. The number of nitrogens with zero attached hydrogens (tertiary/aromatic N) is 1. The van der Waals surface area contributed by atoms with Crippen LogP contribution in [0, 0.1) is 0 Å². The molecule has 1 atom stereocenters. The first-order valence-corrected chi connectivity index (χ1v) is 9.51. The summed E-state index contributed by atoms with van der Waals surface area (Å²) in [6, 6.07) is 0. The second-order valence-electron chi connectivity index (χ2n) is 5.04. The molecule has 1 unspecified atom stereocenters. The minimum atomic E-state index is -1.15. The summed E-state index contributed by atoms with van der Waals surface area (Å²) < 4.78 is 5.24. The number of carbonyl (C=O) groups excluding carboxylic acids is 1. The summed E-state index contributed by atoms with van der Waals surface area (Å²) in [6.07, 6.45) is 5.33. The molecule has 7 nitrogen and oxygen atoms in total. The van der Waals surface area contributed by atoms with E-state index in [9.17, 15) is 14.4 Å². The maximum atomic E-state index is 12.3. The Bertz CT molecular complexity index is 748. The van der Waals surface area contributed by atoms with Gasteiger partial charge < -0.3 is 14.9 Å². The molecule has 25 heavy (non-hydrogen) atoms. The van der Waals surface area contributed by atoms with Crippen molar-refractivity contribution in [1.82, 2.24) is 4.90 Å². The maximum absolute atomic E-state index is 12.3. The summed E-state index contributed by atoms with van der Waals surface area (Å²) in [5, 5.41) is 17.6. The summed E-state index contributed by atoms with van der Waals surface area (Å²) in [7, 11) is 0. The number of rotatable bonds is 6. The molecule has 0 radical (unpaired) electrons. The van der Waals surface area contributed by atoms with Crippen LogP contribution in [-0.2, 0) is 19.1 Å². The molecule has 11 heteroatoms. The van der Waals surface area contributed by atoms with Gasteiger partial charge in [0.15, 0.2) is 0 Å². The first-order chi connectivity index (χ1) is 11.6. The van der Waals surface area contributed by atoms with Crippen LogP contribution in [0.3, 0.4) is 0 Å². The van der Waals surface area contributed by atoms with Gasteiger partial charge in [0.1, 0.15) is 22.0 Å². The van der Waals surface area contributed by atoms with E-state index in [1.807, 2.05) is 0 Å². The average Bonchev–Trinajstić information content (AvgIpc) is 2.71. The Balaban J connectivity index is 2.25. The number of carboxylic acid groups (broad SMARTS) is 2. The number of halogens is 2. The molecule has 1 saturated heterocycles. The minimum absolute atomic E-state index is 0.172. The predicted molar refractivity (Wildman–Crippen MR) is 103 cm³/mol. The molecule has 2 rings (SSSR count). The molecule has 1 fully saturated rings. The summed E-state index contributed by atoms with van der Waals surface area (Å²) in [5.74, 6) is -2.74. The fourth-order valence-electron chi connectivity index (χ4n) is 2.08. The van der Waals surface area contributed by atoms with Gasteiger partial charge in [-0.15, -0.1) is 0 Å². The number of ether oxygens (including phenoxy) is 1. The van der Waals surface area contributed by atoms with Crippen molar-refractivity contribution in [2.24, 2.45) is 0 Å². The van der Waals surface area contributed by atoms with E-state index in [1.54, 1.807) is 18.2 Å². The van der Waals surface area contributed by atoms with E-state index < -0.39 is 35.5 Å². The summed E-state index contributed by atoms with van der Waals surface area (Å²) in [5.41, 5.74) is 0.594. The number of amides is 1. The predicted octanol–water partition coefficient (Wildman–Crippen LogP) is 2.62. The highest BCUT2D eigenvalue weighted by atomic mass is 79.9. The SMILES string of the molecule is O=C(O)COC1(Br)C=C(C=C2SC(=S)N(CC(=O)O)C2=O)C=C(Br)C1. The van der Waals surface area contributed by atoms with E-state index in [0.29, 0.717) is 12.0 Å². The van der Waals surface area contributed by atoms with Crippen molar-refractivity contribution in [3.63, 3.8) is 0 Å². The average molecular weight is 513 g/mol. The van der Waals surface area contributed by atoms with Crippen LogP contribution in [0.1, 0.15) is 6.42 Å². The highest BCUT2D eigenvalue weighted by molar-refractivity contribution is 9.12. The zero-order chi connectivity index (χ0) is 18.8. The van der Waals surface area contributed by atoms with E-state index in [2.05, 4.69) is 31.9 Å². The standard InChI is InChI=1S/C14H11Br2NO6S2/c15-8-1-7(3-14(16,4-8)23-6-11(20)21)2-9-12(22)17(5-10(18)19)13(24)25-9/h1-3H,4-6H2,(H,18,19)(H,20,21). The lowest BCUT2D eigenvalue weighted by molar-refractivity contribution is -0.144. The molecule has 2 aliphatic rings. The van der Waals surface area contributed by atoms with Crippen molar-refractivity contribution < 1.29 is 29.3 Å². The van der Waals surface area contributed by atoms with Crippen LogP contribution in [0.2, 0.25) is 0 Å². The van der Waals surface area contributed by atoms with Gasteiger partial charge >= 0.3 is 11.9 Å². The van der Waals surface area contributed by atoms with Crippen molar-refractivity contribution >= 4 is 78.0 Å². The molecule has 134 valence electrons. The van der Waals surface area contributed by atoms with Gasteiger partial charge in [0.05, 0.1) is 4.91 Å². The first kappa shape index (κ1) is 20.3. The number of hydrogen-bond acceptors (Lipinski definition) is 6. The van der Waals surface area contributed by atoms with Gasteiger partial charge in [-0.3, -0.25) is 14.5 Å². The molecule has 0 spiro atoms. The van der Waals surface area contributed by atoms with Crippen LogP contribution >= 0.6 is 55.8 Å². The van der Waals surface area contributed by atoms with Crippen molar-refractivity contribution in [3.8, 4) is 0 Å². The molecule has 1 aliphatic heterocycles. The highest BCUT2D eigenvalue weighted by Gasteiger charge is 2.35. The van der Waals surface area contributed by atoms with Gasteiger partial charge in [-0.05, 0) is 44.2 Å². The Morgan fingerprint density at radius 3 is 2.72 bits per heavy atom. The van der Waals surface area contributed by atoms with E-state index in [4.69, 9.17) is 27.2 Å². The first-order valence-electron chi connectivity index (χ1n) is 6.70. The zero-order valence-electron chi connectivity index (χ0n) is 12.4. The number of alkyl halides is 1. The van der Waals surface area contributed by atoms with Crippen molar-refractivity contribution in [2.45, 2.75) is 10.9 Å². The molecule has 0 aromatic heterocycles. The van der Waals surface area contributed by atoms with Crippen molar-refractivity contribution in [2.75, 3.05) is 13.2 Å². The fourth-order valence-corrected chi connectivity index (χ4v) is 5.08. The van der Waals surface area contributed by atoms with Gasteiger partial charge in [-0.2, -0.15) is 0 Å². The molecule has 0 bridgehead atoms. The second kappa shape index (κ2) is 8.12. The summed E-state index contributed by atoms with van der Waals surface area (Å²) in [4.78, 5) is 35.1. The van der Waals surface area contributed by atoms with Gasteiger partial charge in [0, 0.05) is 6.42 Å². The number of aliphatic carboxylic acids is 2. The van der Waals surface area contributed by atoms with Gasteiger partial charge in [0.2, 0.25) is 0 Å². The van der Waals surface area contributed by atoms with Crippen LogP contribution in [-0.4, -0.2) is 54.9 Å². The van der Waals surface area contributed by atoms with Crippen LogP contribution < -0.4 is 0 Å². The molecule has 0 aromatic rings. The van der Waals surface area contributed by atoms with E-state index >= 15 is 0 Å². The van der Waals surface area contributed by atoms with Crippen LogP contribution in [0.15, 0.2) is 33.2 Å². The Kier molecular flexibility index (Phi) is 6.60. The molecule has 1 aliphatic carbocycles. The number of hydrogen-bond donors (Lipinski definition) is 2. The number of carboxylic acids is 2. The molecule has 2 N–H and O–H groups in total. The quantitative estimate of drug-likeness (QED) is 0.318. The molecule has 0 aromatic carbocycles. The lowest BCUT2D eigenvalue weighted by Crippen LogP contribution is -2.33. The third-order valence-corrected chi connectivity index (χ3v) is 5.64. The third-order valence-electron chi connectivity index (χ3n) is 3.02. The monoisotopic (exact) mass is 511 g/mol. The smallest absolute Gasteiger partial charge is 0.329 e. The second-order valence-corrected chi connectivity index (χ2v) is 9.08. The van der Waals surface area contributed by atoms with Gasteiger partial charge in [-0.1, -0.05) is 39.9 Å². The highest BCUT2D eigenvalue weighted by Crippen LogP contribution is 2.39. The number of thioether (sulfide) groups is 1. The largest absolute Gasteiger partial charge is 0.480 e. The molecular weight excluding hydrogens is 502 g/mol. The normalized spacial score (nSPS) is 25.2. The lowest BCUT2D eigenvalue weighted by atomic mass is 10.0. The van der Waals surface area contributed by atoms with Crippen molar-refractivity contribution in [3.05, 3.63) is 33.2 Å². The van der Waals surface area contributed by atoms with Gasteiger partial charge in [-0.25, -0.2) is 4.79 Å². The summed E-state index contributed by atoms with van der Waals surface area (Å²) >= 11 is 12.8. The number of carbonyl (C=O) groups is 3. The van der Waals surface area contributed by atoms with Crippen LogP contribution in [0.5, 0.6) is 0 Å². The summed E-state index contributed by atoms with van der Waals surface area (Å²) in [6.45, 7) is -0.985. The fraction of sp³-hybridized carbons (Fsp3) is 0.286. The van der Waals surface area contributed by atoms with Crippen LogP contribution in [0.4, 0.5) is 0 Å². The van der Waals surface area contributed by atoms with Crippen molar-refractivity contribution in [1.29, 1.82) is 0 Å². The van der Waals surface area contributed by atoms with E-state index in [1.165, 1.54) is 0 Å². The molecule has 1 heterocycles. The molecule has 1 amide bonds. The Hall–Kier alpha value is -1.01. The number of allylic oxidation sites excluding steroid dienone is 3. The minimum Gasteiger partial charge on any atom is -0.480 e. The molecular formula is C14H11Br2NO6S2. The van der Waals surface area contributed by atoms with Crippen LogP contribution in [0.25, 0.3) is 0 Å². The number of thiocarbonyl (C=S) groups is 1. The van der Waals surface area contributed by atoms with E-state index in [0.717, 1.165) is 21.1 Å². The lowest BCUT2D eigenvalue weighted by Gasteiger charge is -2.27. The maximum Gasteiger partial charge on any atom is 0.329 e. The van der Waals surface area contributed by atoms with E-state index in [-0.39, 0.29) is 9.23 Å². The zero-order valence-corrected chi connectivity index (χ0v) is 17.2. The Morgan fingerprint density at radius 2 is 2.12 bits per heavy atom. The third kappa shape index (κ3) is 5.48. The van der Waals surface area contributed by atoms with Gasteiger partial charge in [0.25, 0.3) is 5.91 Å². The topological polar surface area (TPSA) is 104 Å². The Morgan fingerprint density at radius 1 is 1.44 bits per heavy atom. The Labute approximate surface area is 169 Å².